The highest BCUT2D eigenvalue weighted by molar-refractivity contribution is 7.07. The predicted octanol–water partition coefficient (Wildman–Crippen LogP) is 1.07. The van der Waals surface area contributed by atoms with E-state index in [4.69, 9.17) is 4.74 Å². The predicted molar refractivity (Wildman–Crippen MR) is 108 cm³/mol. The third kappa shape index (κ3) is 4.20. The minimum Gasteiger partial charge on any atom is -0.484 e. The van der Waals surface area contributed by atoms with E-state index >= 15 is 0 Å². The highest BCUT2D eigenvalue weighted by Gasteiger charge is 2.09. The topological polar surface area (TPSA) is 72.7 Å². The molecule has 0 bridgehead atoms. The van der Waals surface area contributed by atoms with Gasteiger partial charge < -0.3 is 10.1 Å². The average Bonchev–Trinajstić information content (AvgIpc) is 3.30. The van der Waals surface area contributed by atoms with E-state index in [2.05, 4.69) is 10.3 Å². The molecule has 0 radical (unpaired) electrons. The van der Waals surface area contributed by atoms with Crippen molar-refractivity contribution in [3.05, 3.63) is 85.4 Å². The van der Waals surface area contributed by atoms with Crippen molar-refractivity contribution in [2.45, 2.75) is 13.1 Å². The van der Waals surface area contributed by atoms with Gasteiger partial charge in [-0.15, -0.1) is 0 Å². The molecule has 1 N–H and O–H groups in total. The summed E-state index contributed by atoms with van der Waals surface area (Å²) in [5.74, 6) is 0.428. The lowest BCUT2D eigenvalue weighted by Gasteiger charge is -2.07. The van der Waals surface area contributed by atoms with Gasteiger partial charge in [-0.1, -0.05) is 53.8 Å². The maximum atomic E-state index is 12.3. The Hall–Kier alpha value is -3.19. The first-order valence-corrected chi connectivity index (χ1v) is 9.80. The maximum absolute atomic E-state index is 12.3. The number of hydrogen-bond acceptors (Lipinski definition) is 5. The summed E-state index contributed by atoms with van der Waals surface area (Å²) in [5.41, 5.74) is 1.95. The van der Waals surface area contributed by atoms with E-state index in [1.165, 1.54) is 11.3 Å². The number of amides is 1. The SMILES string of the molecule is O=C(COc1ccc(/C=c2/sc3n(c2=O)CCN=3)cc1)NCc1ccccc1. The molecule has 142 valence electrons. The van der Waals surface area contributed by atoms with Gasteiger partial charge in [0.05, 0.1) is 11.1 Å². The Labute approximate surface area is 165 Å². The molecule has 1 aliphatic heterocycles. The van der Waals surface area contributed by atoms with E-state index < -0.39 is 0 Å². The van der Waals surface area contributed by atoms with E-state index in [9.17, 15) is 9.59 Å². The van der Waals surface area contributed by atoms with Gasteiger partial charge in [0.2, 0.25) is 0 Å². The molecule has 2 aromatic carbocycles. The van der Waals surface area contributed by atoms with Gasteiger partial charge in [-0.25, -0.2) is 0 Å². The lowest BCUT2D eigenvalue weighted by atomic mass is 10.2. The van der Waals surface area contributed by atoms with Crippen LogP contribution in [0.2, 0.25) is 0 Å². The molecule has 0 atom stereocenters. The zero-order chi connectivity index (χ0) is 19.3. The monoisotopic (exact) mass is 393 g/mol. The summed E-state index contributed by atoms with van der Waals surface area (Å²) >= 11 is 1.41. The minimum atomic E-state index is -0.177. The second-order valence-corrected chi connectivity index (χ2v) is 7.36. The number of nitrogens with one attached hydrogen (secondary N) is 1. The van der Waals surface area contributed by atoms with Crippen molar-refractivity contribution in [3.8, 4) is 5.75 Å². The summed E-state index contributed by atoms with van der Waals surface area (Å²) in [6, 6.07) is 17.0. The molecule has 0 fully saturated rings. The summed E-state index contributed by atoms with van der Waals surface area (Å²) in [7, 11) is 0. The van der Waals surface area contributed by atoms with Crippen LogP contribution in [-0.4, -0.2) is 23.6 Å². The van der Waals surface area contributed by atoms with Gasteiger partial charge in [-0.05, 0) is 29.3 Å². The van der Waals surface area contributed by atoms with Crippen molar-refractivity contribution < 1.29 is 9.53 Å². The Bertz CT molecular complexity index is 1150. The van der Waals surface area contributed by atoms with Crippen molar-refractivity contribution in [1.29, 1.82) is 0 Å². The maximum Gasteiger partial charge on any atom is 0.270 e. The van der Waals surface area contributed by atoms with Gasteiger partial charge in [-0.3, -0.25) is 19.1 Å². The van der Waals surface area contributed by atoms with Crippen LogP contribution in [0.5, 0.6) is 5.75 Å². The van der Waals surface area contributed by atoms with Crippen LogP contribution < -0.4 is 24.9 Å². The standard InChI is InChI=1S/C21H19N3O3S/c25-19(23-13-16-4-2-1-3-5-16)14-27-17-8-6-15(7-9-17)12-18-20(26)24-11-10-22-21(24)28-18/h1-9,12H,10-11,13-14H2,(H,23,25)/b18-12+. The largest absolute Gasteiger partial charge is 0.484 e. The Morgan fingerprint density at radius 2 is 1.96 bits per heavy atom. The molecule has 2 heterocycles. The molecule has 1 aliphatic rings. The zero-order valence-electron chi connectivity index (χ0n) is 15.1. The van der Waals surface area contributed by atoms with Crippen LogP contribution in [0.25, 0.3) is 6.08 Å². The normalized spacial score (nSPS) is 13.1. The van der Waals surface area contributed by atoms with Crippen molar-refractivity contribution in [1.82, 2.24) is 9.88 Å². The first kappa shape index (κ1) is 18.2. The summed E-state index contributed by atoms with van der Waals surface area (Å²) in [6.45, 7) is 1.78. The van der Waals surface area contributed by atoms with Crippen molar-refractivity contribution in [2.75, 3.05) is 13.2 Å². The van der Waals surface area contributed by atoms with Crippen molar-refractivity contribution >= 4 is 23.3 Å². The van der Waals surface area contributed by atoms with E-state index in [-0.39, 0.29) is 18.1 Å². The molecule has 0 spiro atoms. The third-order valence-electron chi connectivity index (χ3n) is 4.34. The number of fused-ring (bicyclic) bond motifs is 1. The summed E-state index contributed by atoms with van der Waals surface area (Å²) in [6.07, 6.45) is 1.85. The number of nitrogens with zero attached hydrogens (tertiary/aromatic N) is 2. The van der Waals surface area contributed by atoms with E-state index in [0.29, 0.717) is 29.9 Å². The van der Waals surface area contributed by atoms with E-state index in [0.717, 1.165) is 15.9 Å². The van der Waals surface area contributed by atoms with Crippen molar-refractivity contribution in [2.24, 2.45) is 4.99 Å². The molecule has 1 amide bonds. The van der Waals surface area contributed by atoms with E-state index in [1.807, 2.05) is 48.5 Å². The van der Waals surface area contributed by atoms with Gasteiger partial charge in [0, 0.05) is 13.1 Å². The highest BCUT2D eigenvalue weighted by atomic mass is 32.1. The lowest BCUT2D eigenvalue weighted by molar-refractivity contribution is -0.123. The van der Waals surface area contributed by atoms with Crippen LogP contribution >= 0.6 is 11.3 Å². The van der Waals surface area contributed by atoms with Gasteiger partial charge in [-0.2, -0.15) is 0 Å². The number of hydrogen-bond donors (Lipinski definition) is 1. The van der Waals surface area contributed by atoms with Crippen LogP contribution in [0.1, 0.15) is 11.1 Å². The molecule has 1 aromatic heterocycles. The second-order valence-electron chi connectivity index (χ2n) is 6.35. The fraction of sp³-hybridized carbons (Fsp3) is 0.190. The fourth-order valence-corrected chi connectivity index (χ4v) is 3.91. The smallest absolute Gasteiger partial charge is 0.270 e. The molecule has 3 aromatic rings. The molecule has 0 saturated carbocycles. The van der Waals surface area contributed by atoms with Crippen LogP contribution in [0.15, 0.2) is 64.4 Å². The number of aromatic nitrogens is 1. The number of carbonyl (C=O) groups is 1. The quantitative estimate of drug-likeness (QED) is 0.681. The van der Waals surface area contributed by atoms with Gasteiger partial charge in [0.1, 0.15) is 5.75 Å². The first-order valence-electron chi connectivity index (χ1n) is 8.98. The zero-order valence-corrected chi connectivity index (χ0v) is 15.9. The Kier molecular flexibility index (Phi) is 5.34. The molecule has 6 nitrogen and oxygen atoms in total. The first-order chi connectivity index (χ1) is 13.7. The van der Waals surface area contributed by atoms with Crippen LogP contribution in [0.3, 0.4) is 0 Å². The number of ether oxygens (including phenoxy) is 1. The number of carbonyl (C=O) groups excluding carboxylic acids is 1. The van der Waals surface area contributed by atoms with Crippen LogP contribution in [0.4, 0.5) is 0 Å². The number of thiazole rings is 1. The third-order valence-corrected chi connectivity index (χ3v) is 5.38. The molecule has 4 rings (SSSR count). The lowest BCUT2D eigenvalue weighted by Crippen LogP contribution is -2.29. The van der Waals surface area contributed by atoms with Crippen LogP contribution in [-0.2, 0) is 17.9 Å². The fourth-order valence-electron chi connectivity index (χ4n) is 2.88. The van der Waals surface area contributed by atoms with Crippen LogP contribution in [0, 0.1) is 0 Å². The molecular formula is C21H19N3O3S. The summed E-state index contributed by atoms with van der Waals surface area (Å²) in [5, 5.41) is 2.82. The Balaban J connectivity index is 1.34. The van der Waals surface area contributed by atoms with Gasteiger partial charge in [0.25, 0.3) is 11.5 Å². The summed E-state index contributed by atoms with van der Waals surface area (Å²) < 4.78 is 7.91. The molecular weight excluding hydrogens is 374 g/mol. The highest BCUT2D eigenvalue weighted by Crippen LogP contribution is 2.12. The molecule has 7 heteroatoms. The second kappa shape index (κ2) is 8.22. The van der Waals surface area contributed by atoms with Gasteiger partial charge >= 0.3 is 0 Å². The Morgan fingerprint density at radius 1 is 1.18 bits per heavy atom. The molecule has 0 aliphatic carbocycles. The average molecular weight is 393 g/mol. The molecule has 0 saturated heterocycles. The van der Waals surface area contributed by atoms with E-state index in [1.54, 1.807) is 16.7 Å². The molecule has 28 heavy (non-hydrogen) atoms. The number of benzene rings is 2. The minimum absolute atomic E-state index is 0.0108. The summed E-state index contributed by atoms with van der Waals surface area (Å²) in [4.78, 5) is 29.3. The Morgan fingerprint density at radius 3 is 2.71 bits per heavy atom. The van der Waals surface area contributed by atoms with Crippen molar-refractivity contribution in [3.63, 3.8) is 0 Å². The molecule has 0 unspecified atom stereocenters. The van der Waals surface area contributed by atoms with Gasteiger partial charge in [0.15, 0.2) is 11.4 Å². The number of rotatable bonds is 6.